The average Bonchev–Trinajstić information content (AvgIpc) is 2.30. The number of hydrogen-bond donors (Lipinski definition) is 0. The monoisotopic (exact) mass is 185 g/mol. The van der Waals surface area contributed by atoms with Crippen LogP contribution in [0.2, 0.25) is 0 Å². The maximum Gasteiger partial charge on any atom is 0.187 e. The fourth-order valence-electron chi connectivity index (χ4n) is 1.55. The molecule has 1 unspecified atom stereocenters. The van der Waals surface area contributed by atoms with Crippen LogP contribution in [0.3, 0.4) is 0 Å². The topological polar surface area (TPSA) is 13.6 Å². The standard InChI is InChI=1S/C12H11NO/c1-13-11-6-4-5-10(9-11)12-7-2-3-8-14-12/h2-6,9,12H,7-8H2. The van der Waals surface area contributed by atoms with Gasteiger partial charge in [0, 0.05) is 0 Å². The van der Waals surface area contributed by atoms with Crippen molar-refractivity contribution in [3.8, 4) is 0 Å². The van der Waals surface area contributed by atoms with Crippen molar-refractivity contribution in [3.63, 3.8) is 0 Å². The molecular formula is C12H11NO. The third-order valence-electron chi connectivity index (χ3n) is 2.28. The van der Waals surface area contributed by atoms with E-state index in [0.29, 0.717) is 12.3 Å². The number of benzene rings is 1. The van der Waals surface area contributed by atoms with Crippen LogP contribution in [0.4, 0.5) is 5.69 Å². The lowest BCUT2D eigenvalue weighted by atomic mass is 10.0. The molecule has 2 rings (SSSR count). The van der Waals surface area contributed by atoms with Crippen LogP contribution in [0.1, 0.15) is 18.1 Å². The molecule has 1 aliphatic heterocycles. The van der Waals surface area contributed by atoms with Crippen molar-refractivity contribution in [3.05, 3.63) is 53.4 Å². The first-order valence-corrected chi connectivity index (χ1v) is 4.64. The van der Waals surface area contributed by atoms with Gasteiger partial charge >= 0.3 is 0 Å². The molecule has 1 aromatic rings. The van der Waals surface area contributed by atoms with E-state index in [9.17, 15) is 0 Å². The normalized spacial score (nSPS) is 20.4. The molecule has 0 saturated carbocycles. The third kappa shape index (κ3) is 1.84. The largest absolute Gasteiger partial charge is 0.369 e. The van der Waals surface area contributed by atoms with Crippen molar-refractivity contribution in [1.29, 1.82) is 0 Å². The summed E-state index contributed by atoms with van der Waals surface area (Å²) < 4.78 is 5.57. The van der Waals surface area contributed by atoms with E-state index < -0.39 is 0 Å². The van der Waals surface area contributed by atoms with Gasteiger partial charge in [-0.1, -0.05) is 36.4 Å². The minimum Gasteiger partial charge on any atom is -0.369 e. The van der Waals surface area contributed by atoms with Crippen LogP contribution in [0.25, 0.3) is 4.85 Å². The van der Waals surface area contributed by atoms with Gasteiger partial charge in [-0.25, -0.2) is 4.85 Å². The van der Waals surface area contributed by atoms with Gasteiger partial charge in [-0.2, -0.15) is 0 Å². The molecule has 0 saturated heterocycles. The van der Waals surface area contributed by atoms with Gasteiger partial charge < -0.3 is 4.74 Å². The molecule has 0 spiro atoms. The van der Waals surface area contributed by atoms with Crippen molar-refractivity contribution in [1.82, 2.24) is 0 Å². The van der Waals surface area contributed by atoms with E-state index >= 15 is 0 Å². The molecule has 2 heteroatoms. The fraction of sp³-hybridized carbons (Fsp3) is 0.250. The molecule has 0 radical (unpaired) electrons. The van der Waals surface area contributed by atoms with E-state index in [1.807, 2.05) is 30.3 Å². The van der Waals surface area contributed by atoms with Crippen LogP contribution in [0, 0.1) is 6.57 Å². The second kappa shape index (κ2) is 4.08. The molecule has 1 aliphatic rings. The van der Waals surface area contributed by atoms with Gasteiger partial charge in [0.25, 0.3) is 0 Å². The summed E-state index contributed by atoms with van der Waals surface area (Å²) >= 11 is 0. The molecule has 1 aromatic carbocycles. The van der Waals surface area contributed by atoms with Crippen molar-refractivity contribution in [2.75, 3.05) is 6.61 Å². The molecule has 2 nitrogen and oxygen atoms in total. The molecule has 14 heavy (non-hydrogen) atoms. The maximum absolute atomic E-state index is 6.92. The summed E-state index contributed by atoms with van der Waals surface area (Å²) in [5.74, 6) is 0. The number of hydrogen-bond acceptors (Lipinski definition) is 1. The summed E-state index contributed by atoms with van der Waals surface area (Å²) in [4.78, 5) is 3.40. The Bertz CT molecular complexity index is 390. The van der Waals surface area contributed by atoms with Crippen LogP contribution in [0.5, 0.6) is 0 Å². The molecule has 0 fully saturated rings. The highest BCUT2D eigenvalue weighted by Gasteiger charge is 2.12. The molecule has 0 aromatic heterocycles. The van der Waals surface area contributed by atoms with E-state index in [1.165, 1.54) is 0 Å². The molecule has 1 atom stereocenters. The van der Waals surface area contributed by atoms with Crippen LogP contribution in [-0.4, -0.2) is 6.61 Å². The minimum atomic E-state index is 0.127. The SMILES string of the molecule is [C-]#[N+]c1cccc(C2CC=CCO2)c1. The summed E-state index contributed by atoms with van der Waals surface area (Å²) in [5.41, 5.74) is 1.78. The van der Waals surface area contributed by atoms with Gasteiger partial charge in [0.1, 0.15) is 0 Å². The molecule has 0 aliphatic carbocycles. The second-order valence-electron chi connectivity index (χ2n) is 3.24. The first kappa shape index (κ1) is 8.98. The highest BCUT2D eigenvalue weighted by Crippen LogP contribution is 2.27. The first-order chi connectivity index (χ1) is 6.90. The van der Waals surface area contributed by atoms with Crippen molar-refractivity contribution in [2.24, 2.45) is 0 Å². The van der Waals surface area contributed by atoms with E-state index in [4.69, 9.17) is 11.3 Å². The summed E-state index contributed by atoms with van der Waals surface area (Å²) in [7, 11) is 0. The number of ether oxygens (including phenoxy) is 1. The zero-order valence-electron chi connectivity index (χ0n) is 7.81. The Morgan fingerprint density at radius 1 is 1.36 bits per heavy atom. The van der Waals surface area contributed by atoms with Gasteiger partial charge in [-0.15, -0.1) is 0 Å². The Balaban J connectivity index is 2.23. The van der Waals surface area contributed by atoms with Gasteiger partial charge in [0.05, 0.1) is 19.3 Å². The van der Waals surface area contributed by atoms with Crippen molar-refractivity contribution < 1.29 is 4.74 Å². The average molecular weight is 185 g/mol. The van der Waals surface area contributed by atoms with Gasteiger partial charge in [-0.05, 0) is 12.0 Å². The van der Waals surface area contributed by atoms with E-state index in [0.717, 1.165) is 12.0 Å². The summed E-state index contributed by atoms with van der Waals surface area (Å²) in [6.07, 6.45) is 5.18. The van der Waals surface area contributed by atoms with Gasteiger partial charge in [0.2, 0.25) is 0 Å². The fourth-order valence-corrected chi connectivity index (χ4v) is 1.55. The van der Waals surface area contributed by atoms with Crippen LogP contribution in [-0.2, 0) is 4.74 Å². The lowest BCUT2D eigenvalue weighted by Gasteiger charge is -2.19. The minimum absolute atomic E-state index is 0.127. The predicted octanol–water partition coefficient (Wildman–Crippen LogP) is 3.25. The lowest BCUT2D eigenvalue weighted by Crippen LogP contribution is -2.07. The number of nitrogens with zero attached hydrogens (tertiary/aromatic N) is 1. The summed E-state index contributed by atoms with van der Waals surface area (Å²) in [6, 6.07) is 7.63. The Morgan fingerprint density at radius 2 is 2.29 bits per heavy atom. The Hall–Kier alpha value is -1.59. The molecule has 0 bridgehead atoms. The number of rotatable bonds is 1. The van der Waals surface area contributed by atoms with Crippen LogP contribution in [0.15, 0.2) is 36.4 Å². The zero-order valence-corrected chi connectivity index (χ0v) is 7.81. The molecule has 70 valence electrons. The maximum atomic E-state index is 6.92. The Kier molecular flexibility index (Phi) is 2.62. The van der Waals surface area contributed by atoms with E-state index in [2.05, 4.69) is 10.9 Å². The third-order valence-corrected chi connectivity index (χ3v) is 2.28. The van der Waals surface area contributed by atoms with Gasteiger partial charge in [-0.3, -0.25) is 0 Å². The lowest BCUT2D eigenvalue weighted by molar-refractivity contribution is 0.0678. The van der Waals surface area contributed by atoms with E-state index in [-0.39, 0.29) is 6.10 Å². The van der Waals surface area contributed by atoms with Crippen molar-refractivity contribution >= 4 is 5.69 Å². The molecular weight excluding hydrogens is 174 g/mol. The molecule has 0 N–H and O–H groups in total. The van der Waals surface area contributed by atoms with Crippen molar-refractivity contribution in [2.45, 2.75) is 12.5 Å². The summed E-state index contributed by atoms with van der Waals surface area (Å²) in [6.45, 7) is 7.60. The predicted molar refractivity (Wildman–Crippen MR) is 55.2 cm³/mol. The summed E-state index contributed by atoms with van der Waals surface area (Å²) in [5, 5.41) is 0. The van der Waals surface area contributed by atoms with Crippen LogP contribution >= 0.6 is 0 Å². The smallest absolute Gasteiger partial charge is 0.187 e. The Labute approximate surface area is 83.6 Å². The second-order valence-corrected chi connectivity index (χ2v) is 3.24. The molecule has 1 heterocycles. The first-order valence-electron chi connectivity index (χ1n) is 4.64. The van der Waals surface area contributed by atoms with E-state index in [1.54, 1.807) is 0 Å². The Morgan fingerprint density at radius 3 is 3.00 bits per heavy atom. The van der Waals surface area contributed by atoms with Crippen LogP contribution < -0.4 is 0 Å². The van der Waals surface area contributed by atoms with Gasteiger partial charge in [0.15, 0.2) is 5.69 Å². The highest BCUT2D eigenvalue weighted by atomic mass is 16.5. The molecule has 0 amide bonds. The zero-order chi connectivity index (χ0) is 9.80. The quantitative estimate of drug-likeness (QED) is 0.483. The highest BCUT2D eigenvalue weighted by molar-refractivity contribution is 5.47.